The molecule has 3 nitrogen and oxygen atoms in total. The van der Waals surface area contributed by atoms with Crippen molar-refractivity contribution in [2.45, 2.75) is 26.3 Å². The molecule has 0 amide bonds. The van der Waals surface area contributed by atoms with E-state index in [0.717, 1.165) is 11.3 Å². The average Bonchev–Trinajstić information content (AvgIpc) is 2.56. The van der Waals surface area contributed by atoms with Gasteiger partial charge in [-0.1, -0.05) is 6.07 Å². The molecule has 1 aromatic heterocycles. The maximum atomic E-state index is 4.72. The van der Waals surface area contributed by atoms with E-state index < -0.39 is 0 Å². The van der Waals surface area contributed by atoms with Crippen molar-refractivity contribution < 1.29 is 0 Å². The summed E-state index contributed by atoms with van der Waals surface area (Å²) < 4.78 is 2.16. The topological polar surface area (TPSA) is 29.9 Å². The summed E-state index contributed by atoms with van der Waals surface area (Å²) in [5, 5.41) is 3.29. The molecule has 0 bridgehead atoms. The third-order valence-corrected chi connectivity index (χ3v) is 3.22. The second kappa shape index (κ2) is 3.59. The fraction of sp³-hybridized carbons (Fsp3) is 0.462. The van der Waals surface area contributed by atoms with Gasteiger partial charge in [-0.3, -0.25) is 0 Å². The fourth-order valence-corrected chi connectivity index (χ4v) is 1.98. The lowest BCUT2D eigenvalue weighted by molar-refractivity contribution is 0.407. The Kier molecular flexibility index (Phi) is 2.50. The molecule has 86 valence electrons. The predicted molar refractivity (Wildman–Crippen MR) is 67.5 cm³/mol. The van der Waals surface area contributed by atoms with Crippen LogP contribution in [-0.4, -0.2) is 16.6 Å². The van der Waals surface area contributed by atoms with Gasteiger partial charge in [0.25, 0.3) is 0 Å². The molecule has 0 fully saturated rings. The van der Waals surface area contributed by atoms with Crippen molar-refractivity contribution in [3.8, 4) is 0 Å². The van der Waals surface area contributed by atoms with Gasteiger partial charge in [-0.2, -0.15) is 0 Å². The maximum Gasteiger partial charge on any atom is 0.129 e. The van der Waals surface area contributed by atoms with Gasteiger partial charge in [0.15, 0.2) is 0 Å². The number of aromatic nitrogens is 2. The van der Waals surface area contributed by atoms with Crippen molar-refractivity contribution in [2.24, 2.45) is 7.05 Å². The highest BCUT2D eigenvalue weighted by molar-refractivity contribution is 5.77. The Morgan fingerprint density at radius 1 is 1.31 bits per heavy atom. The van der Waals surface area contributed by atoms with Gasteiger partial charge in [0.05, 0.1) is 16.6 Å². The largest absolute Gasteiger partial charge is 0.330 e. The minimum atomic E-state index is -0.109. The van der Waals surface area contributed by atoms with Crippen molar-refractivity contribution >= 4 is 11.0 Å². The molecule has 0 aliphatic carbocycles. The van der Waals surface area contributed by atoms with E-state index in [2.05, 4.69) is 55.9 Å². The Balaban J connectivity index is 2.69. The lowest BCUT2D eigenvalue weighted by atomic mass is 10.1. The van der Waals surface area contributed by atoms with Crippen LogP contribution in [0.2, 0.25) is 0 Å². The second-order valence-corrected chi connectivity index (χ2v) is 4.86. The van der Waals surface area contributed by atoms with E-state index in [1.54, 1.807) is 0 Å². The fourth-order valence-electron chi connectivity index (χ4n) is 1.98. The Hall–Kier alpha value is -1.35. The zero-order chi connectivity index (χ0) is 11.9. The molecule has 1 aromatic carbocycles. The summed E-state index contributed by atoms with van der Waals surface area (Å²) in [5.74, 6) is 1.07. The smallest absolute Gasteiger partial charge is 0.129 e. The minimum Gasteiger partial charge on any atom is -0.330 e. The standard InChI is InChI=1S/C13H19N3/c1-9-6-7-11-10(8-9)15-12(16(11)5)13(2,3)14-4/h6-8,14H,1-5H3. The van der Waals surface area contributed by atoms with Crippen LogP contribution in [0.25, 0.3) is 11.0 Å². The highest BCUT2D eigenvalue weighted by Gasteiger charge is 2.24. The van der Waals surface area contributed by atoms with Crippen LogP contribution < -0.4 is 5.32 Å². The number of imidazole rings is 1. The SMILES string of the molecule is CNC(C)(C)c1nc2cc(C)ccc2n1C. The van der Waals surface area contributed by atoms with Gasteiger partial charge in [-0.25, -0.2) is 4.98 Å². The molecular weight excluding hydrogens is 198 g/mol. The summed E-state index contributed by atoms with van der Waals surface area (Å²) in [6.45, 7) is 6.37. The lowest BCUT2D eigenvalue weighted by Gasteiger charge is -2.23. The number of hydrogen-bond donors (Lipinski definition) is 1. The Labute approximate surface area is 96.5 Å². The molecule has 0 aliphatic rings. The van der Waals surface area contributed by atoms with Crippen LogP contribution in [0.3, 0.4) is 0 Å². The lowest BCUT2D eigenvalue weighted by Crippen LogP contribution is -2.35. The molecule has 0 radical (unpaired) electrons. The molecule has 0 aliphatic heterocycles. The number of hydrogen-bond acceptors (Lipinski definition) is 2. The highest BCUT2D eigenvalue weighted by Crippen LogP contribution is 2.23. The first-order chi connectivity index (χ1) is 7.45. The number of benzene rings is 1. The van der Waals surface area contributed by atoms with E-state index in [1.165, 1.54) is 11.1 Å². The Morgan fingerprint density at radius 3 is 2.62 bits per heavy atom. The predicted octanol–water partition coefficient (Wildman–Crippen LogP) is 2.34. The second-order valence-electron chi connectivity index (χ2n) is 4.86. The summed E-state index contributed by atoms with van der Waals surface area (Å²) in [6, 6.07) is 6.39. The summed E-state index contributed by atoms with van der Waals surface area (Å²) >= 11 is 0. The zero-order valence-electron chi connectivity index (χ0n) is 10.6. The van der Waals surface area contributed by atoms with Gasteiger partial charge < -0.3 is 9.88 Å². The first-order valence-corrected chi connectivity index (χ1v) is 5.58. The highest BCUT2D eigenvalue weighted by atomic mass is 15.1. The van der Waals surface area contributed by atoms with E-state index in [0.29, 0.717) is 0 Å². The van der Waals surface area contributed by atoms with Crippen LogP contribution in [-0.2, 0) is 12.6 Å². The van der Waals surface area contributed by atoms with E-state index in [1.807, 2.05) is 7.05 Å². The van der Waals surface area contributed by atoms with Crippen molar-refractivity contribution in [1.82, 2.24) is 14.9 Å². The van der Waals surface area contributed by atoms with E-state index >= 15 is 0 Å². The van der Waals surface area contributed by atoms with Gasteiger partial charge in [0.1, 0.15) is 5.82 Å². The third-order valence-electron chi connectivity index (χ3n) is 3.22. The van der Waals surface area contributed by atoms with Gasteiger partial charge >= 0.3 is 0 Å². The zero-order valence-corrected chi connectivity index (χ0v) is 10.6. The molecule has 1 heterocycles. The molecule has 0 atom stereocenters. The molecule has 0 unspecified atom stereocenters. The van der Waals surface area contributed by atoms with E-state index in [9.17, 15) is 0 Å². The summed E-state index contributed by atoms with van der Waals surface area (Å²) in [7, 11) is 4.03. The van der Waals surface area contributed by atoms with Gasteiger partial charge in [-0.15, -0.1) is 0 Å². The van der Waals surface area contributed by atoms with Crippen molar-refractivity contribution in [1.29, 1.82) is 0 Å². The number of fused-ring (bicyclic) bond motifs is 1. The van der Waals surface area contributed by atoms with Crippen LogP contribution in [0, 0.1) is 6.92 Å². The molecule has 16 heavy (non-hydrogen) atoms. The van der Waals surface area contributed by atoms with Crippen molar-refractivity contribution in [2.75, 3.05) is 7.05 Å². The first kappa shape index (κ1) is 11.1. The summed E-state index contributed by atoms with van der Waals surface area (Å²) in [6.07, 6.45) is 0. The molecule has 2 rings (SSSR count). The van der Waals surface area contributed by atoms with Crippen LogP contribution in [0.1, 0.15) is 25.2 Å². The summed E-state index contributed by atoms with van der Waals surface area (Å²) in [4.78, 5) is 4.72. The number of nitrogens with zero attached hydrogens (tertiary/aromatic N) is 2. The molecule has 2 aromatic rings. The van der Waals surface area contributed by atoms with E-state index in [-0.39, 0.29) is 5.54 Å². The average molecular weight is 217 g/mol. The van der Waals surface area contributed by atoms with Crippen LogP contribution in [0.4, 0.5) is 0 Å². The molecular formula is C13H19N3. The minimum absolute atomic E-state index is 0.109. The molecule has 0 spiro atoms. The molecule has 0 saturated heterocycles. The van der Waals surface area contributed by atoms with Crippen LogP contribution in [0.15, 0.2) is 18.2 Å². The maximum absolute atomic E-state index is 4.72. The molecule has 0 saturated carbocycles. The van der Waals surface area contributed by atoms with Crippen LogP contribution in [0.5, 0.6) is 0 Å². The van der Waals surface area contributed by atoms with Crippen LogP contribution >= 0.6 is 0 Å². The van der Waals surface area contributed by atoms with Gasteiger partial charge in [0, 0.05) is 7.05 Å². The van der Waals surface area contributed by atoms with Gasteiger partial charge in [0.2, 0.25) is 0 Å². The van der Waals surface area contributed by atoms with Crippen molar-refractivity contribution in [3.63, 3.8) is 0 Å². The van der Waals surface area contributed by atoms with Crippen molar-refractivity contribution in [3.05, 3.63) is 29.6 Å². The van der Waals surface area contributed by atoms with E-state index in [4.69, 9.17) is 4.98 Å². The number of rotatable bonds is 2. The monoisotopic (exact) mass is 217 g/mol. The normalized spacial score (nSPS) is 12.3. The Morgan fingerprint density at radius 2 is 2.00 bits per heavy atom. The Bertz CT molecular complexity index is 523. The third kappa shape index (κ3) is 1.61. The molecule has 3 heteroatoms. The van der Waals surface area contributed by atoms with Gasteiger partial charge in [-0.05, 0) is 45.5 Å². The number of nitrogens with one attached hydrogen (secondary N) is 1. The quantitative estimate of drug-likeness (QED) is 0.836. The number of aryl methyl sites for hydroxylation is 2. The summed E-state index contributed by atoms with van der Waals surface area (Å²) in [5.41, 5.74) is 3.39. The first-order valence-electron chi connectivity index (χ1n) is 5.58. The molecule has 1 N–H and O–H groups in total.